The molecule has 0 bridgehead atoms. The lowest BCUT2D eigenvalue weighted by Gasteiger charge is -2.09. The molecule has 0 amide bonds. The molecule has 0 saturated carbocycles. The molecule has 0 unspecified atom stereocenters. The van der Waals surface area contributed by atoms with Crippen LogP contribution in [0.25, 0.3) is 11.4 Å². The van der Waals surface area contributed by atoms with Gasteiger partial charge in [-0.2, -0.15) is 0 Å². The number of nitrogens with zero attached hydrogens (tertiary/aromatic N) is 2. The van der Waals surface area contributed by atoms with Gasteiger partial charge >= 0.3 is 0 Å². The van der Waals surface area contributed by atoms with E-state index in [1.807, 2.05) is 12.1 Å². The lowest BCUT2D eigenvalue weighted by atomic mass is 10.1. The monoisotopic (exact) mass is 272 g/mol. The largest absolute Gasteiger partial charge is 0.233 e. The average Bonchev–Trinajstić information content (AvgIpc) is 2.64. The predicted octanol–water partition coefficient (Wildman–Crippen LogP) is 4.37. The van der Waals surface area contributed by atoms with Crippen LogP contribution in [-0.4, -0.2) is 9.97 Å². The molecule has 3 heteroatoms. The molecule has 0 aliphatic heterocycles. The van der Waals surface area contributed by atoms with Gasteiger partial charge < -0.3 is 0 Å². The third-order valence-corrected chi connectivity index (χ3v) is 3.97. The number of rotatable bonds is 1. The zero-order valence-corrected chi connectivity index (χ0v) is 11.9. The van der Waals surface area contributed by atoms with Gasteiger partial charge in [0.1, 0.15) is 5.15 Å². The third-order valence-electron chi connectivity index (χ3n) is 3.66. The van der Waals surface area contributed by atoms with Gasteiger partial charge in [-0.1, -0.05) is 41.8 Å². The zero-order chi connectivity index (χ0) is 13.2. The average molecular weight is 273 g/mol. The standard InChI is InChI=1S/C16H17ClN2/c1-11-6-5-7-12(10-11)16-18-14-9-4-2-3-8-13(14)15(17)19-16/h5-7,10H,2-4,8-9H2,1H3. The van der Waals surface area contributed by atoms with Crippen molar-refractivity contribution in [1.82, 2.24) is 9.97 Å². The van der Waals surface area contributed by atoms with Crippen molar-refractivity contribution in [3.63, 3.8) is 0 Å². The summed E-state index contributed by atoms with van der Waals surface area (Å²) < 4.78 is 0. The van der Waals surface area contributed by atoms with Crippen LogP contribution in [0.4, 0.5) is 0 Å². The molecule has 0 spiro atoms. The molecule has 0 N–H and O–H groups in total. The molecule has 0 radical (unpaired) electrons. The first kappa shape index (κ1) is 12.6. The van der Waals surface area contributed by atoms with Crippen LogP contribution in [0.15, 0.2) is 24.3 Å². The molecule has 1 aliphatic carbocycles. The van der Waals surface area contributed by atoms with Gasteiger partial charge in [0.05, 0.1) is 0 Å². The number of aromatic nitrogens is 2. The highest BCUT2D eigenvalue weighted by Crippen LogP contribution is 2.27. The Bertz CT molecular complexity index is 608. The van der Waals surface area contributed by atoms with Crippen LogP contribution in [0.5, 0.6) is 0 Å². The molecule has 1 aliphatic rings. The van der Waals surface area contributed by atoms with E-state index in [9.17, 15) is 0 Å². The molecular weight excluding hydrogens is 256 g/mol. The molecule has 1 aromatic carbocycles. The Morgan fingerprint density at radius 3 is 2.74 bits per heavy atom. The summed E-state index contributed by atoms with van der Waals surface area (Å²) in [5.74, 6) is 0.759. The summed E-state index contributed by atoms with van der Waals surface area (Å²) in [5.41, 5.74) is 4.57. The van der Waals surface area contributed by atoms with E-state index in [0.717, 1.165) is 35.5 Å². The van der Waals surface area contributed by atoms with Gasteiger partial charge in [-0.3, -0.25) is 0 Å². The first-order chi connectivity index (χ1) is 9.24. The summed E-state index contributed by atoms with van der Waals surface area (Å²) in [4.78, 5) is 9.24. The first-order valence-corrected chi connectivity index (χ1v) is 7.24. The molecule has 2 aromatic rings. The number of halogens is 1. The van der Waals surface area contributed by atoms with Crippen LogP contribution in [0.2, 0.25) is 5.15 Å². The van der Waals surface area contributed by atoms with E-state index >= 15 is 0 Å². The Kier molecular flexibility index (Phi) is 3.52. The fourth-order valence-electron chi connectivity index (χ4n) is 2.64. The van der Waals surface area contributed by atoms with E-state index in [1.165, 1.54) is 24.8 Å². The van der Waals surface area contributed by atoms with Crippen LogP contribution in [-0.2, 0) is 12.8 Å². The quantitative estimate of drug-likeness (QED) is 0.569. The Morgan fingerprint density at radius 2 is 1.89 bits per heavy atom. The summed E-state index contributed by atoms with van der Waals surface area (Å²) in [5, 5.41) is 0.642. The molecule has 1 heterocycles. The maximum Gasteiger partial charge on any atom is 0.161 e. The van der Waals surface area contributed by atoms with Crippen LogP contribution in [0, 0.1) is 6.92 Å². The van der Waals surface area contributed by atoms with E-state index in [2.05, 4.69) is 24.0 Å². The van der Waals surface area contributed by atoms with E-state index in [1.54, 1.807) is 0 Å². The topological polar surface area (TPSA) is 25.8 Å². The highest BCUT2D eigenvalue weighted by Gasteiger charge is 2.16. The van der Waals surface area contributed by atoms with Crippen molar-refractivity contribution in [1.29, 1.82) is 0 Å². The zero-order valence-electron chi connectivity index (χ0n) is 11.1. The maximum atomic E-state index is 6.36. The Labute approximate surface area is 118 Å². The van der Waals surface area contributed by atoms with Crippen LogP contribution < -0.4 is 0 Å². The summed E-state index contributed by atoms with van der Waals surface area (Å²) in [7, 11) is 0. The van der Waals surface area contributed by atoms with Crippen molar-refractivity contribution in [2.75, 3.05) is 0 Å². The molecule has 19 heavy (non-hydrogen) atoms. The molecular formula is C16H17ClN2. The number of fused-ring (bicyclic) bond motifs is 1. The van der Waals surface area contributed by atoms with Gasteiger partial charge in [-0.25, -0.2) is 9.97 Å². The van der Waals surface area contributed by atoms with Gasteiger partial charge in [0.15, 0.2) is 5.82 Å². The lowest BCUT2D eigenvalue weighted by Crippen LogP contribution is -2.02. The second-order valence-electron chi connectivity index (χ2n) is 5.19. The van der Waals surface area contributed by atoms with Gasteiger partial charge in [-0.15, -0.1) is 0 Å². The van der Waals surface area contributed by atoms with Crippen molar-refractivity contribution in [3.05, 3.63) is 46.2 Å². The fourth-order valence-corrected chi connectivity index (χ4v) is 2.92. The predicted molar refractivity (Wildman–Crippen MR) is 78.5 cm³/mol. The second kappa shape index (κ2) is 5.30. The molecule has 3 rings (SSSR count). The Morgan fingerprint density at radius 1 is 1.05 bits per heavy atom. The third kappa shape index (κ3) is 2.64. The summed E-state index contributed by atoms with van der Waals surface area (Å²) >= 11 is 6.36. The minimum Gasteiger partial charge on any atom is -0.233 e. The second-order valence-corrected chi connectivity index (χ2v) is 5.55. The smallest absolute Gasteiger partial charge is 0.161 e. The minimum absolute atomic E-state index is 0.642. The SMILES string of the molecule is Cc1cccc(-c2nc(Cl)c3c(n2)CCCCC3)c1. The van der Waals surface area contributed by atoms with E-state index in [-0.39, 0.29) is 0 Å². The van der Waals surface area contributed by atoms with Crippen molar-refractivity contribution in [2.24, 2.45) is 0 Å². The van der Waals surface area contributed by atoms with Crippen molar-refractivity contribution in [3.8, 4) is 11.4 Å². The summed E-state index contributed by atoms with van der Waals surface area (Å²) in [6.07, 6.45) is 5.69. The Hall–Kier alpha value is -1.41. The molecule has 0 saturated heterocycles. The minimum atomic E-state index is 0.642. The molecule has 0 atom stereocenters. The molecule has 0 fully saturated rings. The Balaban J connectivity index is 2.09. The number of hydrogen-bond donors (Lipinski definition) is 0. The lowest BCUT2D eigenvalue weighted by molar-refractivity contribution is 0.709. The van der Waals surface area contributed by atoms with E-state index in [4.69, 9.17) is 16.6 Å². The van der Waals surface area contributed by atoms with E-state index < -0.39 is 0 Å². The highest BCUT2D eigenvalue weighted by molar-refractivity contribution is 6.30. The van der Waals surface area contributed by atoms with Gasteiger partial charge in [0.2, 0.25) is 0 Å². The number of aryl methyl sites for hydroxylation is 2. The number of benzene rings is 1. The van der Waals surface area contributed by atoms with Gasteiger partial charge in [0.25, 0.3) is 0 Å². The first-order valence-electron chi connectivity index (χ1n) is 6.86. The van der Waals surface area contributed by atoms with Gasteiger partial charge in [0, 0.05) is 16.8 Å². The van der Waals surface area contributed by atoms with Crippen molar-refractivity contribution in [2.45, 2.75) is 39.0 Å². The van der Waals surface area contributed by atoms with E-state index in [0.29, 0.717) is 5.15 Å². The molecule has 1 aromatic heterocycles. The van der Waals surface area contributed by atoms with Crippen molar-refractivity contribution >= 4 is 11.6 Å². The van der Waals surface area contributed by atoms with Crippen LogP contribution in [0.1, 0.15) is 36.1 Å². The van der Waals surface area contributed by atoms with Gasteiger partial charge in [-0.05, 0) is 38.7 Å². The summed E-state index contributed by atoms with van der Waals surface area (Å²) in [6.45, 7) is 2.08. The highest BCUT2D eigenvalue weighted by atomic mass is 35.5. The molecule has 2 nitrogen and oxygen atoms in total. The maximum absolute atomic E-state index is 6.36. The molecule has 98 valence electrons. The normalized spacial score (nSPS) is 14.8. The number of hydrogen-bond acceptors (Lipinski definition) is 2. The van der Waals surface area contributed by atoms with Crippen molar-refractivity contribution < 1.29 is 0 Å². The van der Waals surface area contributed by atoms with Crippen LogP contribution in [0.3, 0.4) is 0 Å². The van der Waals surface area contributed by atoms with Crippen LogP contribution >= 0.6 is 11.6 Å². The fraction of sp³-hybridized carbons (Fsp3) is 0.375. The summed E-state index contributed by atoms with van der Waals surface area (Å²) in [6, 6.07) is 8.26.